The Morgan fingerprint density at radius 1 is 1.29 bits per heavy atom. The maximum Gasteiger partial charge on any atom is 0.335 e. The summed E-state index contributed by atoms with van der Waals surface area (Å²) >= 11 is 0. The molecule has 7 heteroatoms. The van der Waals surface area contributed by atoms with Crippen LogP contribution in [-0.4, -0.2) is 16.0 Å². The van der Waals surface area contributed by atoms with Crippen LogP contribution in [-0.2, 0) is 6.61 Å². The van der Waals surface area contributed by atoms with Gasteiger partial charge in [0, 0.05) is 12.1 Å². The van der Waals surface area contributed by atoms with E-state index in [0.29, 0.717) is 5.56 Å². The predicted octanol–water partition coefficient (Wildman–Crippen LogP) is 3.01. The van der Waals surface area contributed by atoms with Gasteiger partial charge in [-0.15, -0.1) is 0 Å². The number of nitrogens with zero attached hydrogens (tertiary/aromatic N) is 1. The Kier molecular flexibility index (Phi) is 4.13. The van der Waals surface area contributed by atoms with Crippen molar-refractivity contribution in [1.82, 2.24) is 0 Å². The Bertz CT molecular complexity index is 702. The number of halogens is 1. The van der Waals surface area contributed by atoms with Gasteiger partial charge in [0.1, 0.15) is 12.4 Å². The van der Waals surface area contributed by atoms with Crippen molar-refractivity contribution in [2.45, 2.75) is 6.61 Å². The van der Waals surface area contributed by atoms with E-state index in [4.69, 9.17) is 9.84 Å². The van der Waals surface area contributed by atoms with Crippen LogP contribution >= 0.6 is 0 Å². The quantitative estimate of drug-likeness (QED) is 0.675. The van der Waals surface area contributed by atoms with Crippen LogP contribution in [0.2, 0.25) is 0 Å². The molecule has 1 N–H and O–H groups in total. The summed E-state index contributed by atoms with van der Waals surface area (Å²) in [6.07, 6.45) is 0. The van der Waals surface area contributed by atoms with Crippen LogP contribution in [0.3, 0.4) is 0 Å². The third kappa shape index (κ3) is 3.53. The number of ether oxygens (including phenoxy) is 1. The van der Waals surface area contributed by atoms with E-state index in [1.54, 1.807) is 6.07 Å². The zero-order valence-corrected chi connectivity index (χ0v) is 10.7. The van der Waals surface area contributed by atoms with Crippen molar-refractivity contribution >= 4 is 11.7 Å². The lowest BCUT2D eigenvalue weighted by atomic mass is 10.1. The Hall–Kier alpha value is -2.96. The van der Waals surface area contributed by atoms with E-state index < -0.39 is 16.7 Å². The fourth-order valence-corrected chi connectivity index (χ4v) is 1.71. The average Bonchev–Trinajstić information content (AvgIpc) is 2.45. The molecule has 0 saturated heterocycles. The van der Waals surface area contributed by atoms with E-state index in [0.717, 1.165) is 18.2 Å². The molecule has 0 spiro atoms. The van der Waals surface area contributed by atoms with Crippen molar-refractivity contribution in [1.29, 1.82) is 0 Å². The number of carbonyl (C=O) groups is 1. The standard InChI is InChI=1S/C14H10FNO5/c15-11-4-5-12(16(19)20)13(7-11)21-8-9-2-1-3-10(6-9)14(17)18/h1-7H,8H2,(H,17,18). The van der Waals surface area contributed by atoms with Gasteiger partial charge in [0.05, 0.1) is 10.5 Å². The number of carboxylic acids is 1. The van der Waals surface area contributed by atoms with E-state index in [2.05, 4.69) is 0 Å². The fourth-order valence-electron chi connectivity index (χ4n) is 1.71. The normalized spacial score (nSPS) is 10.1. The number of nitro benzene ring substituents is 1. The zero-order chi connectivity index (χ0) is 15.4. The van der Waals surface area contributed by atoms with Crippen molar-refractivity contribution in [3.8, 4) is 5.75 Å². The summed E-state index contributed by atoms with van der Waals surface area (Å²) in [5.41, 5.74) is 0.226. The summed E-state index contributed by atoms with van der Waals surface area (Å²) in [7, 11) is 0. The molecule has 0 fully saturated rings. The van der Waals surface area contributed by atoms with Gasteiger partial charge in [-0.2, -0.15) is 0 Å². The highest BCUT2D eigenvalue weighted by Gasteiger charge is 2.16. The molecule has 2 aromatic carbocycles. The molecule has 0 amide bonds. The molecule has 0 aromatic heterocycles. The highest BCUT2D eigenvalue weighted by atomic mass is 19.1. The van der Waals surface area contributed by atoms with E-state index in [1.807, 2.05) is 0 Å². The first-order valence-electron chi connectivity index (χ1n) is 5.86. The van der Waals surface area contributed by atoms with Crippen molar-refractivity contribution in [3.63, 3.8) is 0 Å². The molecule has 6 nitrogen and oxygen atoms in total. The molecule has 0 aliphatic rings. The maximum atomic E-state index is 13.1. The first-order valence-corrected chi connectivity index (χ1v) is 5.86. The Morgan fingerprint density at radius 2 is 2.05 bits per heavy atom. The summed E-state index contributed by atoms with van der Waals surface area (Å²) in [5.74, 6) is -1.95. The number of hydrogen-bond donors (Lipinski definition) is 1. The molecule has 2 rings (SSSR count). The van der Waals surface area contributed by atoms with Gasteiger partial charge in [0.2, 0.25) is 0 Å². The molecule has 0 bridgehead atoms. The van der Waals surface area contributed by atoms with E-state index in [9.17, 15) is 19.3 Å². The van der Waals surface area contributed by atoms with Crippen LogP contribution in [0.25, 0.3) is 0 Å². The minimum Gasteiger partial charge on any atom is -0.482 e. The average molecular weight is 291 g/mol. The lowest BCUT2D eigenvalue weighted by molar-refractivity contribution is -0.386. The van der Waals surface area contributed by atoms with Crippen LogP contribution in [0.4, 0.5) is 10.1 Å². The molecule has 0 unspecified atom stereocenters. The summed E-state index contributed by atoms with van der Waals surface area (Å²) in [4.78, 5) is 21.0. The molecule has 0 aliphatic carbocycles. The minimum atomic E-state index is -1.09. The molecule has 108 valence electrons. The van der Waals surface area contributed by atoms with Crippen molar-refractivity contribution in [2.24, 2.45) is 0 Å². The Balaban J connectivity index is 2.20. The summed E-state index contributed by atoms with van der Waals surface area (Å²) in [6.45, 7) is -0.106. The largest absolute Gasteiger partial charge is 0.482 e. The second-order valence-corrected chi connectivity index (χ2v) is 4.16. The molecule has 21 heavy (non-hydrogen) atoms. The number of rotatable bonds is 5. The number of nitro groups is 1. The molecule has 0 heterocycles. The first-order chi connectivity index (χ1) is 9.97. The number of aromatic carboxylic acids is 1. The SMILES string of the molecule is O=C(O)c1cccc(COc2cc(F)ccc2[N+](=O)[O-])c1. The summed E-state index contributed by atoms with van der Waals surface area (Å²) in [6, 6.07) is 8.83. The van der Waals surface area contributed by atoms with Crippen LogP contribution in [0.15, 0.2) is 42.5 Å². The van der Waals surface area contributed by atoms with Crippen molar-refractivity contribution in [2.75, 3.05) is 0 Å². The summed E-state index contributed by atoms with van der Waals surface area (Å²) in [5, 5.41) is 19.7. The van der Waals surface area contributed by atoms with E-state index in [1.165, 1.54) is 18.2 Å². The Morgan fingerprint density at radius 3 is 2.71 bits per heavy atom. The van der Waals surface area contributed by atoms with Crippen LogP contribution < -0.4 is 4.74 Å². The maximum absolute atomic E-state index is 13.1. The van der Waals surface area contributed by atoms with Gasteiger partial charge in [-0.25, -0.2) is 9.18 Å². The van der Waals surface area contributed by atoms with Gasteiger partial charge in [0.25, 0.3) is 0 Å². The van der Waals surface area contributed by atoms with Crippen molar-refractivity contribution in [3.05, 3.63) is 69.5 Å². The highest BCUT2D eigenvalue weighted by Crippen LogP contribution is 2.28. The molecule has 0 aliphatic heterocycles. The van der Waals surface area contributed by atoms with Gasteiger partial charge < -0.3 is 9.84 Å². The fraction of sp³-hybridized carbons (Fsp3) is 0.0714. The molecule has 0 atom stereocenters. The lowest BCUT2D eigenvalue weighted by Gasteiger charge is -2.07. The second-order valence-electron chi connectivity index (χ2n) is 4.16. The number of carboxylic acid groups (broad SMARTS) is 1. The monoisotopic (exact) mass is 291 g/mol. The zero-order valence-electron chi connectivity index (χ0n) is 10.7. The Labute approximate surface area is 118 Å². The number of benzene rings is 2. The number of hydrogen-bond acceptors (Lipinski definition) is 4. The molecule has 0 radical (unpaired) electrons. The van der Waals surface area contributed by atoms with Crippen LogP contribution in [0.5, 0.6) is 5.75 Å². The molecule has 2 aromatic rings. The van der Waals surface area contributed by atoms with Gasteiger partial charge in [-0.1, -0.05) is 12.1 Å². The van der Waals surface area contributed by atoms with Gasteiger partial charge in [-0.3, -0.25) is 10.1 Å². The smallest absolute Gasteiger partial charge is 0.335 e. The lowest BCUT2D eigenvalue weighted by Crippen LogP contribution is -2.02. The molecular formula is C14H10FNO5. The molecular weight excluding hydrogens is 281 g/mol. The predicted molar refractivity (Wildman–Crippen MR) is 70.8 cm³/mol. The van der Waals surface area contributed by atoms with E-state index in [-0.39, 0.29) is 23.6 Å². The van der Waals surface area contributed by atoms with Crippen LogP contribution in [0, 0.1) is 15.9 Å². The third-order valence-electron chi connectivity index (χ3n) is 2.69. The van der Waals surface area contributed by atoms with E-state index >= 15 is 0 Å². The minimum absolute atomic E-state index is 0.0739. The van der Waals surface area contributed by atoms with Crippen LogP contribution in [0.1, 0.15) is 15.9 Å². The topological polar surface area (TPSA) is 89.7 Å². The van der Waals surface area contributed by atoms with Gasteiger partial charge >= 0.3 is 11.7 Å². The highest BCUT2D eigenvalue weighted by molar-refractivity contribution is 5.87. The van der Waals surface area contributed by atoms with Gasteiger partial charge in [-0.05, 0) is 23.8 Å². The van der Waals surface area contributed by atoms with Crippen molar-refractivity contribution < 1.29 is 24.0 Å². The summed E-state index contributed by atoms with van der Waals surface area (Å²) < 4.78 is 18.4. The first kappa shape index (κ1) is 14.4. The second kappa shape index (κ2) is 6.00. The third-order valence-corrected chi connectivity index (χ3v) is 2.69. The van der Waals surface area contributed by atoms with Gasteiger partial charge in [0.15, 0.2) is 5.75 Å². The molecule has 0 saturated carbocycles.